The summed E-state index contributed by atoms with van der Waals surface area (Å²) < 4.78 is 5.92. The van der Waals surface area contributed by atoms with E-state index in [4.69, 9.17) is 4.74 Å². The summed E-state index contributed by atoms with van der Waals surface area (Å²) >= 11 is 0. The molecule has 0 aromatic heterocycles. The van der Waals surface area contributed by atoms with Crippen LogP contribution in [0.2, 0.25) is 0 Å². The minimum atomic E-state index is -0.0212. The van der Waals surface area contributed by atoms with Crippen LogP contribution in [-0.4, -0.2) is 30.3 Å². The Bertz CT molecular complexity index is 286. The average Bonchev–Trinajstić information content (AvgIpc) is 2.34. The quantitative estimate of drug-likeness (QED) is 0.810. The van der Waals surface area contributed by atoms with E-state index in [2.05, 4.69) is 24.5 Å². The number of carbonyl (C=O) groups excluding carboxylic acids is 1. The van der Waals surface area contributed by atoms with Gasteiger partial charge in [-0.15, -0.1) is 0 Å². The Kier molecular flexibility index (Phi) is 4.49. The number of ether oxygens (including phenoxy) is 1. The van der Waals surface area contributed by atoms with Crippen LogP contribution in [0, 0.1) is 0 Å². The molecule has 1 heterocycles. The molecule has 2 amide bonds. The van der Waals surface area contributed by atoms with Crippen molar-refractivity contribution in [1.82, 2.24) is 10.6 Å². The molecule has 1 atom stereocenters. The van der Waals surface area contributed by atoms with Crippen molar-refractivity contribution < 1.29 is 9.53 Å². The maximum absolute atomic E-state index is 11.8. The minimum absolute atomic E-state index is 0.00714. The topological polar surface area (TPSA) is 50.4 Å². The van der Waals surface area contributed by atoms with Crippen molar-refractivity contribution in [2.75, 3.05) is 6.61 Å². The molecular formula is C14H26N2O2. The van der Waals surface area contributed by atoms with Crippen LogP contribution in [0.25, 0.3) is 0 Å². The molecule has 1 aliphatic heterocycles. The molecule has 1 saturated heterocycles. The predicted octanol–water partition coefficient (Wildman–Crippen LogP) is 2.58. The van der Waals surface area contributed by atoms with Crippen LogP contribution < -0.4 is 10.6 Å². The van der Waals surface area contributed by atoms with Gasteiger partial charge in [0, 0.05) is 18.7 Å². The van der Waals surface area contributed by atoms with E-state index in [0.29, 0.717) is 6.04 Å². The first kappa shape index (κ1) is 13.7. The average molecular weight is 254 g/mol. The van der Waals surface area contributed by atoms with E-state index in [1.165, 1.54) is 6.42 Å². The number of amides is 2. The van der Waals surface area contributed by atoms with Gasteiger partial charge in [-0.05, 0) is 44.9 Å². The number of rotatable bonds is 4. The molecule has 4 heteroatoms. The molecule has 0 bridgehead atoms. The first-order chi connectivity index (χ1) is 8.67. The summed E-state index contributed by atoms with van der Waals surface area (Å²) in [5.74, 6) is 0. The van der Waals surface area contributed by atoms with Gasteiger partial charge in [0.25, 0.3) is 0 Å². The summed E-state index contributed by atoms with van der Waals surface area (Å²) in [7, 11) is 0. The van der Waals surface area contributed by atoms with Gasteiger partial charge in [0.2, 0.25) is 0 Å². The zero-order chi connectivity index (χ0) is 13.0. The molecule has 104 valence electrons. The molecule has 0 spiro atoms. The van der Waals surface area contributed by atoms with Crippen molar-refractivity contribution in [2.45, 2.75) is 76.5 Å². The van der Waals surface area contributed by atoms with Gasteiger partial charge >= 0.3 is 6.03 Å². The van der Waals surface area contributed by atoms with Crippen LogP contribution >= 0.6 is 0 Å². The maximum Gasteiger partial charge on any atom is 0.315 e. The number of hydrogen-bond donors (Lipinski definition) is 2. The highest BCUT2D eigenvalue weighted by Crippen LogP contribution is 2.31. The standard InChI is InChI=1S/C14H26N2O2/c1-3-14(4-2)10-12(8-9-18-14)16-13(17)15-11-6-5-7-11/h11-12H,3-10H2,1-2H3,(H2,15,16,17). The lowest BCUT2D eigenvalue weighted by molar-refractivity contribution is -0.0915. The van der Waals surface area contributed by atoms with Gasteiger partial charge in [-0.3, -0.25) is 0 Å². The van der Waals surface area contributed by atoms with E-state index < -0.39 is 0 Å². The SMILES string of the molecule is CCC1(CC)CC(NC(=O)NC2CCC2)CCO1. The van der Waals surface area contributed by atoms with Crippen LogP contribution in [0.5, 0.6) is 0 Å². The molecule has 2 N–H and O–H groups in total. The summed E-state index contributed by atoms with van der Waals surface area (Å²) in [6.45, 7) is 5.09. The zero-order valence-corrected chi connectivity index (χ0v) is 11.6. The van der Waals surface area contributed by atoms with Crippen molar-refractivity contribution in [2.24, 2.45) is 0 Å². The van der Waals surface area contributed by atoms with Crippen molar-refractivity contribution in [3.05, 3.63) is 0 Å². The van der Waals surface area contributed by atoms with Gasteiger partial charge < -0.3 is 15.4 Å². The fourth-order valence-electron chi connectivity index (χ4n) is 2.86. The minimum Gasteiger partial charge on any atom is -0.375 e. The number of urea groups is 1. The van der Waals surface area contributed by atoms with Gasteiger partial charge in [-0.1, -0.05) is 13.8 Å². The Labute approximate surface area is 110 Å². The Morgan fingerprint density at radius 1 is 1.17 bits per heavy atom. The van der Waals surface area contributed by atoms with Crippen LogP contribution in [0.3, 0.4) is 0 Å². The van der Waals surface area contributed by atoms with Crippen LogP contribution in [0.1, 0.15) is 58.8 Å². The van der Waals surface area contributed by atoms with Crippen LogP contribution in [-0.2, 0) is 4.74 Å². The molecule has 1 saturated carbocycles. The van der Waals surface area contributed by atoms with E-state index >= 15 is 0 Å². The smallest absolute Gasteiger partial charge is 0.315 e. The zero-order valence-electron chi connectivity index (χ0n) is 11.6. The Hall–Kier alpha value is -0.770. The molecule has 0 aromatic carbocycles. The van der Waals surface area contributed by atoms with Crippen molar-refractivity contribution in [3.8, 4) is 0 Å². The molecular weight excluding hydrogens is 228 g/mol. The van der Waals surface area contributed by atoms with Crippen LogP contribution in [0.4, 0.5) is 4.79 Å². The lowest BCUT2D eigenvalue weighted by Gasteiger charge is -2.40. The van der Waals surface area contributed by atoms with E-state index in [9.17, 15) is 4.79 Å². The molecule has 2 fully saturated rings. The molecule has 2 aliphatic rings. The van der Waals surface area contributed by atoms with Gasteiger partial charge in [-0.25, -0.2) is 4.79 Å². The summed E-state index contributed by atoms with van der Waals surface area (Å²) in [4.78, 5) is 11.8. The lowest BCUT2D eigenvalue weighted by atomic mass is 9.86. The van der Waals surface area contributed by atoms with Crippen molar-refractivity contribution >= 4 is 6.03 Å². The third-order valence-electron chi connectivity index (χ3n) is 4.56. The number of nitrogens with one attached hydrogen (secondary N) is 2. The highest BCUT2D eigenvalue weighted by molar-refractivity contribution is 5.74. The second kappa shape index (κ2) is 5.91. The fraction of sp³-hybridized carbons (Fsp3) is 0.929. The monoisotopic (exact) mass is 254 g/mol. The largest absolute Gasteiger partial charge is 0.375 e. The summed E-state index contributed by atoms with van der Waals surface area (Å²) in [6, 6.07) is 0.679. The van der Waals surface area contributed by atoms with Gasteiger partial charge in [0.1, 0.15) is 0 Å². The number of hydrogen-bond acceptors (Lipinski definition) is 2. The van der Waals surface area contributed by atoms with E-state index in [-0.39, 0.29) is 17.7 Å². The highest BCUT2D eigenvalue weighted by atomic mass is 16.5. The first-order valence-corrected chi connectivity index (χ1v) is 7.38. The van der Waals surface area contributed by atoms with Crippen molar-refractivity contribution in [3.63, 3.8) is 0 Å². The Morgan fingerprint density at radius 3 is 2.39 bits per heavy atom. The highest BCUT2D eigenvalue weighted by Gasteiger charge is 2.35. The molecule has 0 radical (unpaired) electrons. The van der Waals surface area contributed by atoms with Crippen molar-refractivity contribution in [1.29, 1.82) is 0 Å². The summed E-state index contributed by atoms with van der Waals surface area (Å²) in [6.07, 6.45) is 7.43. The first-order valence-electron chi connectivity index (χ1n) is 7.38. The molecule has 18 heavy (non-hydrogen) atoms. The van der Waals surface area contributed by atoms with Gasteiger partial charge in [0.05, 0.1) is 5.60 Å². The summed E-state index contributed by atoms with van der Waals surface area (Å²) in [5, 5.41) is 6.15. The van der Waals surface area contributed by atoms with E-state index in [0.717, 1.165) is 45.1 Å². The third-order valence-corrected chi connectivity index (χ3v) is 4.56. The number of carbonyl (C=O) groups is 1. The maximum atomic E-state index is 11.8. The third kappa shape index (κ3) is 3.16. The molecule has 1 aliphatic carbocycles. The van der Waals surface area contributed by atoms with E-state index in [1.54, 1.807) is 0 Å². The van der Waals surface area contributed by atoms with Crippen LogP contribution in [0.15, 0.2) is 0 Å². The van der Waals surface area contributed by atoms with E-state index in [1.807, 2.05) is 0 Å². The Morgan fingerprint density at radius 2 is 1.83 bits per heavy atom. The lowest BCUT2D eigenvalue weighted by Crippen LogP contribution is -2.53. The fourth-order valence-corrected chi connectivity index (χ4v) is 2.86. The second-order valence-electron chi connectivity index (χ2n) is 5.67. The molecule has 4 nitrogen and oxygen atoms in total. The van der Waals surface area contributed by atoms with Gasteiger partial charge in [-0.2, -0.15) is 0 Å². The summed E-state index contributed by atoms with van der Waals surface area (Å²) in [5.41, 5.74) is -0.0212. The molecule has 1 unspecified atom stereocenters. The predicted molar refractivity (Wildman–Crippen MR) is 71.6 cm³/mol. The molecule has 0 aromatic rings. The van der Waals surface area contributed by atoms with Gasteiger partial charge in [0.15, 0.2) is 0 Å². The second-order valence-corrected chi connectivity index (χ2v) is 5.67. The molecule has 2 rings (SSSR count). The normalized spacial score (nSPS) is 27.3. The Balaban J connectivity index is 1.79.